The smallest absolute Gasteiger partial charge is 0.126 e. The van der Waals surface area contributed by atoms with E-state index in [1.165, 1.54) is 5.94 Å². The Morgan fingerprint density at radius 1 is 1.80 bits per heavy atom. The fourth-order valence-corrected chi connectivity index (χ4v) is 0.0340. The van der Waals surface area contributed by atoms with E-state index in [-0.39, 0.29) is 0 Å². The fourth-order valence-electron chi connectivity index (χ4n) is 0.0340. The van der Waals surface area contributed by atoms with E-state index in [0.717, 1.165) is 12.3 Å². The molecule has 26 valence electrons. The first-order valence-corrected chi connectivity index (χ1v) is 1.11. The Labute approximate surface area is 29.6 Å². The van der Waals surface area contributed by atoms with Gasteiger partial charge in [-0.2, -0.15) is 0 Å². The lowest BCUT2D eigenvalue weighted by atomic mass is 10.7. The highest BCUT2D eigenvalue weighted by molar-refractivity contribution is 5.78. The molecule has 0 heterocycles. The molecule has 2 heteroatoms. The quantitative estimate of drug-likeness (QED) is 0.342. The lowest BCUT2D eigenvalue weighted by Gasteiger charge is -1.41. The highest BCUT2D eigenvalue weighted by Gasteiger charge is 1.43. The number of rotatable bonds is 1. The minimum atomic E-state index is 0.882. The van der Waals surface area contributed by atoms with Gasteiger partial charge in [0.15, 0.2) is 0 Å². The Morgan fingerprint density at radius 3 is 2.40 bits per heavy atom. The highest BCUT2D eigenvalue weighted by atomic mass is 16.1. The van der Waals surface area contributed by atoms with Crippen molar-refractivity contribution in [3.8, 4) is 0 Å². The predicted octanol–water partition coefficient (Wildman–Crippen LogP) is 0.0238. The molecule has 0 aromatic rings. The fraction of sp³-hybridized carbons (Fsp3) is 0. The molecular formula is C3H3NO. The van der Waals surface area contributed by atoms with Crippen LogP contribution in [0, 0.1) is 5.41 Å². The maximum Gasteiger partial charge on any atom is 0.126 e. The molecule has 0 atom stereocenters. The molecule has 0 fully saturated rings. The second-order valence-electron chi connectivity index (χ2n) is 0.451. The monoisotopic (exact) mass is 69.0 g/mol. The molecule has 0 spiro atoms. The van der Waals surface area contributed by atoms with Crippen LogP contribution >= 0.6 is 0 Å². The summed E-state index contributed by atoms with van der Waals surface area (Å²) in [5.41, 5.74) is 0. The molecule has 0 radical (unpaired) electrons. The summed E-state index contributed by atoms with van der Waals surface area (Å²) in [7, 11) is 0. The van der Waals surface area contributed by atoms with Crippen molar-refractivity contribution in [1.29, 1.82) is 5.41 Å². The molecule has 0 aromatic heterocycles. The van der Waals surface area contributed by atoms with Crippen LogP contribution in [0.25, 0.3) is 0 Å². The van der Waals surface area contributed by atoms with E-state index in [4.69, 9.17) is 10.2 Å². The van der Waals surface area contributed by atoms with E-state index in [1.54, 1.807) is 0 Å². The molecule has 0 unspecified atom stereocenters. The third kappa shape index (κ3) is 3.12. The Bertz CT molecular complexity index is 71.0. The predicted molar refractivity (Wildman–Crippen MR) is 19.0 cm³/mol. The number of hydrogen-bond donors (Lipinski definition) is 1. The first kappa shape index (κ1) is 4.12. The van der Waals surface area contributed by atoms with Gasteiger partial charge in [0, 0.05) is 12.3 Å². The normalized spacial score (nSPS) is 4.80. The molecule has 0 saturated carbocycles. The SMILES string of the molecule is N=CC=C=O. The zero-order valence-corrected chi connectivity index (χ0v) is 2.56. The van der Waals surface area contributed by atoms with Gasteiger partial charge in [0.2, 0.25) is 0 Å². The number of nitrogens with one attached hydrogen (secondary N) is 1. The van der Waals surface area contributed by atoms with Crippen LogP contribution in [-0.4, -0.2) is 12.2 Å². The Balaban J connectivity index is 3.31. The van der Waals surface area contributed by atoms with Crippen LogP contribution in [-0.2, 0) is 4.79 Å². The van der Waals surface area contributed by atoms with E-state index in [2.05, 4.69) is 0 Å². The molecule has 2 nitrogen and oxygen atoms in total. The third-order valence-corrected chi connectivity index (χ3v) is 0.151. The molecule has 0 amide bonds. The molecule has 0 aliphatic rings. The van der Waals surface area contributed by atoms with E-state index in [1.807, 2.05) is 0 Å². The van der Waals surface area contributed by atoms with Crippen LogP contribution in [0.15, 0.2) is 6.08 Å². The summed E-state index contributed by atoms with van der Waals surface area (Å²) in [6.45, 7) is 0. The zero-order valence-electron chi connectivity index (χ0n) is 2.56. The highest BCUT2D eigenvalue weighted by Crippen LogP contribution is 1.35. The number of allylic oxidation sites excluding steroid dienone is 1. The van der Waals surface area contributed by atoms with Gasteiger partial charge in [-0.25, -0.2) is 4.79 Å². The maximum absolute atomic E-state index is 9.07. The molecule has 0 rings (SSSR count). The Morgan fingerprint density at radius 2 is 2.40 bits per heavy atom. The average Bonchev–Trinajstić information content (AvgIpc) is 1.41. The van der Waals surface area contributed by atoms with E-state index >= 15 is 0 Å². The van der Waals surface area contributed by atoms with E-state index in [0.29, 0.717) is 0 Å². The summed E-state index contributed by atoms with van der Waals surface area (Å²) in [5.74, 6) is 1.40. The molecule has 0 aliphatic carbocycles. The summed E-state index contributed by atoms with van der Waals surface area (Å²) >= 11 is 0. The van der Waals surface area contributed by atoms with Crippen molar-refractivity contribution in [2.75, 3.05) is 0 Å². The third-order valence-electron chi connectivity index (χ3n) is 0.151. The summed E-state index contributed by atoms with van der Waals surface area (Å²) in [4.78, 5) is 9.07. The van der Waals surface area contributed by atoms with Gasteiger partial charge >= 0.3 is 0 Å². The van der Waals surface area contributed by atoms with Gasteiger partial charge in [-0.05, 0) is 0 Å². The Hall–Kier alpha value is -0.880. The van der Waals surface area contributed by atoms with Gasteiger partial charge in [-0.15, -0.1) is 0 Å². The van der Waals surface area contributed by atoms with Crippen LogP contribution in [0.1, 0.15) is 0 Å². The van der Waals surface area contributed by atoms with Crippen molar-refractivity contribution in [2.45, 2.75) is 0 Å². The van der Waals surface area contributed by atoms with Crippen molar-refractivity contribution in [1.82, 2.24) is 0 Å². The lowest BCUT2D eigenvalue weighted by Crippen LogP contribution is -1.51. The molecule has 5 heavy (non-hydrogen) atoms. The molecule has 0 bridgehead atoms. The van der Waals surface area contributed by atoms with Crippen molar-refractivity contribution >= 4 is 12.2 Å². The summed E-state index contributed by atoms with van der Waals surface area (Å²) in [6.07, 6.45) is 1.87. The molecular weight excluding hydrogens is 66.0 g/mol. The molecule has 0 aromatic carbocycles. The van der Waals surface area contributed by atoms with Crippen molar-refractivity contribution in [3.63, 3.8) is 0 Å². The van der Waals surface area contributed by atoms with Gasteiger partial charge in [0.1, 0.15) is 5.94 Å². The Kier molecular flexibility index (Phi) is 2.57. The molecule has 0 saturated heterocycles. The zero-order chi connectivity index (χ0) is 4.12. The van der Waals surface area contributed by atoms with Gasteiger partial charge in [-0.1, -0.05) is 0 Å². The number of carbonyl (C=O) groups excluding carboxylic acids is 1. The lowest BCUT2D eigenvalue weighted by molar-refractivity contribution is 0.569. The second-order valence-corrected chi connectivity index (χ2v) is 0.451. The van der Waals surface area contributed by atoms with Gasteiger partial charge in [-0.3, -0.25) is 0 Å². The first-order chi connectivity index (χ1) is 2.41. The van der Waals surface area contributed by atoms with Crippen LogP contribution in [0.2, 0.25) is 0 Å². The summed E-state index contributed by atoms with van der Waals surface area (Å²) < 4.78 is 0. The van der Waals surface area contributed by atoms with E-state index in [9.17, 15) is 0 Å². The van der Waals surface area contributed by atoms with Gasteiger partial charge in [0.05, 0.1) is 0 Å². The second kappa shape index (κ2) is 3.12. The maximum atomic E-state index is 9.07. The molecule has 0 aliphatic heterocycles. The van der Waals surface area contributed by atoms with Crippen LogP contribution in [0.5, 0.6) is 0 Å². The summed E-state index contributed by atoms with van der Waals surface area (Å²) in [6, 6.07) is 0. The van der Waals surface area contributed by atoms with Crippen LogP contribution in [0.3, 0.4) is 0 Å². The molecule has 1 N–H and O–H groups in total. The van der Waals surface area contributed by atoms with Gasteiger partial charge in [0.25, 0.3) is 0 Å². The minimum absolute atomic E-state index is 0.882. The van der Waals surface area contributed by atoms with Gasteiger partial charge < -0.3 is 5.41 Å². The topological polar surface area (TPSA) is 40.9 Å². The largest absolute Gasteiger partial charge is 0.308 e. The first-order valence-electron chi connectivity index (χ1n) is 1.11. The average molecular weight is 69.1 g/mol. The van der Waals surface area contributed by atoms with Crippen LogP contribution < -0.4 is 0 Å². The van der Waals surface area contributed by atoms with E-state index < -0.39 is 0 Å². The van der Waals surface area contributed by atoms with Crippen molar-refractivity contribution < 1.29 is 4.79 Å². The van der Waals surface area contributed by atoms with Crippen molar-refractivity contribution in [2.24, 2.45) is 0 Å². The summed E-state index contributed by atoms with van der Waals surface area (Å²) in [5, 5.41) is 6.16. The number of hydrogen-bond acceptors (Lipinski definition) is 2. The standard InChI is InChI=1S/C3H3NO/c4-2-1-3-5/h1-2,4H. The minimum Gasteiger partial charge on any atom is -0.308 e. The van der Waals surface area contributed by atoms with Crippen LogP contribution in [0.4, 0.5) is 0 Å². The van der Waals surface area contributed by atoms with Crippen molar-refractivity contribution in [3.05, 3.63) is 6.08 Å².